The van der Waals surface area contributed by atoms with Crippen molar-refractivity contribution in [2.24, 2.45) is 5.92 Å². The molecular formula is C20H20FN5O2. The second kappa shape index (κ2) is 8.16. The highest BCUT2D eigenvalue weighted by atomic mass is 19.1. The fourth-order valence-electron chi connectivity index (χ4n) is 3.28. The van der Waals surface area contributed by atoms with Gasteiger partial charge in [-0.2, -0.15) is 4.98 Å². The lowest BCUT2D eigenvalue weighted by Crippen LogP contribution is -2.38. The smallest absolute Gasteiger partial charge is 0.317 e. The molecule has 1 N–H and O–H groups in total. The van der Waals surface area contributed by atoms with Crippen LogP contribution < -0.4 is 5.32 Å². The van der Waals surface area contributed by atoms with Crippen LogP contribution in [0.2, 0.25) is 0 Å². The van der Waals surface area contributed by atoms with Gasteiger partial charge in [0.15, 0.2) is 5.82 Å². The largest absolute Gasteiger partial charge is 0.334 e. The van der Waals surface area contributed by atoms with Crippen LogP contribution in [0.4, 0.5) is 9.18 Å². The Balaban J connectivity index is 1.27. The molecule has 1 unspecified atom stereocenters. The highest BCUT2D eigenvalue weighted by molar-refractivity contribution is 5.74. The number of pyridine rings is 1. The molecule has 7 nitrogen and oxygen atoms in total. The molecule has 2 aromatic heterocycles. The molecule has 1 atom stereocenters. The molecule has 0 aliphatic carbocycles. The monoisotopic (exact) mass is 381 g/mol. The molecule has 0 radical (unpaired) electrons. The van der Waals surface area contributed by atoms with E-state index in [1.54, 1.807) is 29.4 Å². The number of nitrogens with one attached hydrogen (secondary N) is 1. The number of nitrogens with zero attached hydrogens (tertiary/aromatic N) is 4. The minimum Gasteiger partial charge on any atom is -0.334 e. The minimum absolute atomic E-state index is 0.114. The van der Waals surface area contributed by atoms with Crippen molar-refractivity contribution in [3.63, 3.8) is 0 Å². The van der Waals surface area contributed by atoms with Crippen LogP contribution in [0.15, 0.2) is 53.3 Å². The van der Waals surface area contributed by atoms with Gasteiger partial charge < -0.3 is 14.7 Å². The number of aromatic nitrogens is 3. The average molecular weight is 381 g/mol. The summed E-state index contributed by atoms with van der Waals surface area (Å²) in [6.07, 6.45) is 4.91. The molecule has 1 aliphatic rings. The van der Waals surface area contributed by atoms with E-state index in [1.165, 1.54) is 12.1 Å². The highest BCUT2D eigenvalue weighted by Crippen LogP contribution is 2.22. The Morgan fingerprint density at radius 1 is 1.21 bits per heavy atom. The number of hydrogen-bond donors (Lipinski definition) is 1. The van der Waals surface area contributed by atoms with Crippen molar-refractivity contribution in [3.05, 3.63) is 66.0 Å². The Morgan fingerprint density at radius 3 is 2.79 bits per heavy atom. The Kier molecular flexibility index (Phi) is 5.27. The third-order valence-corrected chi connectivity index (χ3v) is 4.80. The number of carbonyl (C=O) groups excluding carboxylic acids is 1. The van der Waals surface area contributed by atoms with E-state index in [4.69, 9.17) is 4.52 Å². The molecule has 1 saturated heterocycles. The van der Waals surface area contributed by atoms with Crippen molar-refractivity contribution in [2.45, 2.75) is 19.4 Å². The van der Waals surface area contributed by atoms with E-state index in [-0.39, 0.29) is 11.8 Å². The molecule has 0 spiro atoms. The van der Waals surface area contributed by atoms with E-state index in [0.717, 1.165) is 17.5 Å². The van der Waals surface area contributed by atoms with Gasteiger partial charge in [0.1, 0.15) is 5.82 Å². The molecule has 144 valence electrons. The maximum atomic E-state index is 12.9. The van der Waals surface area contributed by atoms with Gasteiger partial charge in [-0.25, -0.2) is 9.18 Å². The Bertz CT molecular complexity index is 929. The van der Waals surface area contributed by atoms with Gasteiger partial charge >= 0.3 is 6.03 Å². The van der Waals surface area contributed by atoms with E-state index in [2.05, 4.69) is 20.4 Å². The van der Waals surface area contributed by atoms with Gasteiger partial charge in [0.2, 0.25) is 0 Å². The molecule has 28 heavy (non-hydrogen) atoms. The van der Waals surface area contributed by atoms with Crippen LogP contribution in [0.25, 0.3) is 11.5 Å². The van der Waals surface area contributed by atoms with Crippen molar-refractivity contribution in [3.8, 4) is 11.5 Å². The summed E-state index contributed by atoms with van der Waals surface area (Å²) in [6.45, 7) is 1.71. The average Bonchev–Trinajstić information content (AvgIpc) is 3.38. The van der Waals surface area contributed by atoms with Gasteiger partial charge in [-0.15, -0.1) is 0 Å². The van der Waals surface area contributed by atoms with Crippen molar-refractivity contribution in [1.82, 2.24) is 25.3 Å². The summed E-state index contributed by atoms with van der Waals surface area (Å²) in [5.41, 5.74) is 1.70. The first kappa shape index (κ1) is 18.1. The van der Waals surface area contributed by atoms with E-state index in [9.17, 15) is 9.18 Å². The topological polar surface area (TPSA) is 84.2 Å². The van der Waals surface area contributed by atoms with Crippen LogP contribution in [0.5, 0.6) is 0 Å². The summed E-state index contributed by atoms with van der Waals surface area (Å²) in [5, 5.41) is 6.93. The van der Waals surface area contributed by atoms with Crippen LogP contribution in [-0.2, 0) is 13.0 Å². The molecule has 4 rings (SSSR count). The third-order valence-electron chi connectivity index (χ3n) is 4.80. The molecule has 3 heterocycles. The molecule has 0 bridgehead atoms. The van der Waals surface area contributed by atoms with Gasteiger partial charge in [0.25, 0.3) is 5.89 Å². The molecule has 1 aliphatic heterocycles. The fraction of sp³-hybridized carbons (Fsp3) is 0.300. The van der Waals surface area contributed by atoms with Crippen LogP contribution in [-0.4, -0.2) is 39.1 Å². The minimum atomic E-state index is -0.286. The molecular weight excluding hydrogens is 361 g/mol. The number of likely N-dealkylation sites (tertiary alicyclic amines) is 1. The highest BCUT2D eigenvalue weighted by Gasteiger charge is 2.27. The SMILES string of the molecule is O=C(NCc1ccc(F)cc1)N1CCC(Cc2noc(-c3ccncc3)n2)C1. The first-order valence-corrected chi connectivity index (χ1v) is 9.17. The van der Waals surface area contributed by atoms with Gasteiger partial charge in [-0.1, -0.05) is 17.3 Å². The lowest BCUT2D eigenvalue weighted by molar-refractivity contribution is 0.206. The summed E-state index contributed by atoms with van der Waals surface area (Å²) in [5.74, 6) is 1.13. The third kappa shape index (κ3) is 4.33. The van der Waals surface area contributed by atoms with E-state index in [1.807, 2.05) is 12.1 Å². The number of rotatable bonds is 5. The Labute approximate surface area is 161 Å². The quantitative estimate of drug-likeness (QED) is 0.734. The molecule has 3 aromatic rings. The van der Waals surface area contributed by atoms with Gasteiger partial charge in [-0.05, 0) is 42.2 Å². The van der Waals surface area contributed by atoms with Gasteiger partial charge in [0.05, 0.1) is 0 Å². The van der Waals surface area contributed by atoms with E-state index in [0.29, 0.717) is 43.7 Å². The molecule has 2 amide bonds. The van der Waals surface area contributed by atoms with E-state index >= 15 is 0 Å². The number of amides is 2. The van der Waals surface area contributed by atoms with Crippen LogP contribution in [0.1, 0.15) is 17.8 Å². The van der Waals surface area contributed by atoms with Gasteiger partial charge in [-0.3, -0.25) is 4.98 Å². The summed E-state index contributed by atoms with van der Waals surface area (Å²) in [6, 6.07) is 9.63. The zero-order chi connectivity index (χ0) is 19.3. The fourth-order valence-corrected chi connectivity index (χ4v) is 3.28. The molecule has 0 saturated carbocycles. The molecule has 1 fully saturated rings. The first-order chi connectivity index (χ1) is 13.7. The summed E-state index contributed by atoms with van der Waals surface area (Å²) in [7, 11) is 0. The summed E-state index contributed by atoms with van der Waals surface area (Å²) < 4.78 is 18.3. The van der Waals surface area contributed by atoms with Crippen molar-refractivity contribution in [1.29, 1.82) is 0 Å². The first-order valence-electron chi connectivity index (χ1n) is 9.17. The predicted octanol–water partition coefficient (Wildman–Crippen LogP) is 3.04. The number of hydrogen-bond acceptors (Lipinski definition) is 5. The number of benzene rings is 1. The Morgan fingerprint density at radius 2 is 2.00 bits per heavy atom. The predicted molar refractivity (Wildman–Crippen MR) is 99.5 cm³/mol. The maximum Gasteiger partial charge on any atom is 0.317 e. The van der Waals surface area contributed by atoms with Crippen molar-refractivity contribution in [2.75, 3.05) is 13.1 Å². The summed E-state index contributed by atoms with van der Waals surface area (Å²) >= 11 is 0. The van der Waals surface area contributed by atoms with Crippen molar-refractivity contribution < 1.29 is 13.7 Å². The second-order valence-corrected chi connectivity index (χ2v) is 6.84. The van der Waals surface area contributed by atoms with Crippen LogP contribution in [0.3, 0.4) is 0 Å². The second-order valence-electron chi connectivity index (χ2n) is 6.84. The Hall–Kier alpha value is -3.29. The standard InChI is InChI=1S/C20H20FN5O2/c21-17-3-1-14(2-4-17)12-23-20(27)26-10-7-15(13-26)11-18-24-19(28-25-18)16-5-8-22-9-6-16/h1-6,8-9,15H,7,10-13H2,(H,23,27). The van der Waals surface area contributed by atoms with Crippen molar-refractivity contribution >= 4 is 6.03 Å². The zero-order valence-electron chi connectivity index (χ0n) is 15.2. The molecule has 1 aromatic carbocycles. The van der Waals surface area contributed by atoms with E-state index < -0.39 is 0 Å². The maximum absolute atomic E-state index is 12.9. The summed E-state index contributed by atoms with van der Waals surface area (Å²) in [4.78, 5) is 22.6. The number of urea groups is 1. The lowest BCUT2D eigenvalue weighted by Gasteiger charge is -2.17. The number of carbonyl (C=O) groups is 1. The number of halogens is 1. The lowest BCUT2D eigenvalue weighted by atomic mass is 10.1. The molecule has 8 heteroatoms. The van der Waals surface area contributed by atoms with Crippen LogP contribution in [0, 0.1) is 11.7 Å². The van der Waals surface area contributed by atoms with Crippen LogP contribution >= 0.6 is 0 Å². The van der Waals surface area contributed by atoms with Gasteiger partial charge in [0, 0.05) is 44.0 Å². The normalized spacial score (nSPS) is 16.3. The zero-order valence-corrected chi connectivity index (χ0v) is 15.2.